The van der Waals surface area contributed by atoms with Crippen LogP contribution in [0.5, 0.6) is 5.75 Å². The second-order valence-corrected chi connectivity index (χ2v) is 11.4. The van der Waals surface area contributed by atoms with Gasteiger partial charge in [-0.1, -0.05) is 110 Å². The summed E-state index contributed by atoms with van der Waals surface area (Å²) in [5.41, 5.74) is 2.24. The molecule has 0 saturated heterocycles. The van der Waals surface area contributed by atoms with Gasteiger partial charge in [-0.05, 0) is 66.3 Å². The number of nitrogens with zero attached hydrogens (tertiary/aromatic N) is 1. The Morgan fingerprint density at radius 3 is 2.09 bits per heavy atom. The zero-order valence-corrected chi connectivity index (χ0v) is 25.8. The van der Waals surface area contributed by atoms with Crippen LogP contribution >= 0.6 is 11.6 Å². The Bertz CT molecular complexity index is 1390. The fourth-order valence-electron chi connectivity index (χ4n) is 5.48. The third-order valence-corrected chi connectivity index (χ3v) is 8.46. The fraction of sp³-hybridized carbons (Fsp3) is 0.333. The van der Waals surface area contributed by atoms with Crippen LogP contribution in [0.4, 0.5) is 13.2 Å². The predicted molar refractivity (Wildman–Crippen MR) is 170 cm³/mol. The first kappa shape index (κ1) is 32.6. The van der Waals surface area contributed by atoms with Gasteiger partial charge in [0.1, 0.15) is 5.75 Å². The molecule has 1 N–H and O–H groups in total. The van der Waals surface area contributed by atoms with Gasteiger partial charge in [0.25, 0.3) is 0 Å². The van der Waals surface area contributed by atoms with Crippen molar-refractivity contribution in [2.45, 2.75) is 51.4 Å². The van der Waals surface area contributed by atoms with Crippen LogP contribution in [0.2, 0.25) is 5.02 Å². The Balaban J connectivity index is 1.62. The first-order valence-corrected chi connectivity index (χ1v) is 15.2. The number of rotatable bonds is 14. The highest BCUT2D eigenvalue weighted by Gasteiger charge is 2.37. The highest BCUT2D eigenvalue weighted by atomic mass is 35.5. The summed E-state index contributed by atoms with van der Waals surface area (Å²) in [4.78, 5) is 2.21. The van der Waals surface area contributed by atoms with Crippen molar-refractivity contribution in [1.29, 1.82) is 0 Å². The van der Waals surface area contributed by atoms with Crippen molar-refractivity contribution < 1.29 is 17.9 Å². The summed E-state index contributed by atoms with van der Waals surface area (Å²) in [6, 6.07) is 32.4. The van der Waals surface area contributed by atoms with E-state index in [0.29, 0.717) is 31.1 Å². The number of benzene rings is 4. The van der Waals surface area contributed by atoms with E-state index in [2.05, 4.69) is 67.4 Å². The maximum absolute atomic E-state index is 13.8. The molecular formula is C36H40ClF3N2O. The molecule has 0 fully saturated rings. The van der Waals surface area contributed by atoms with Crippen molar-refractivity contribution in [3.8, 4) is 5.75 Å². The summed E-state index contributed by atoms with van der Waals surface area (Å²) < 4.78 is 47.5. The van der Waals surface area contributed by atoms with Gasteiger partial charge in [0.2, 0.25) is 0 Å². The third-order valence-electron chi connectivity index (χ3n) is 8.02. The summed E-state index contributed by atoms with van der Waals surface area (Å²) in [6.07, 6.45) is -3.88. The number of likely N-dealkylation sites (N-methyl/N-ethyl adjacent to an activating group) is 1. The Kier molecular flexibility index (Phi) is 11.3. The quantitative estimate of drug-likeness (QED) is 0.144. The smallest absolute Gasteiger partial charge is 0.417 e. The number of hydrogen-bond donors (Lipinski definition) is 1. The molecule has 0 heterocycles. The monoisotopic (exact) mass is 608 g/mol. The van der Waals surface area contributed by atoms with Crippen molar-refractivity contribution >= 4 is 11.6 Å². The van der Waals surface area contributed by atoms with E-state index in [-0.39, 0.29) is 11.6 Å². The zero-order valence-electron chi connectivity index (χ0n) is 25.0. The zero-order chi connectivity index (χ0) is 30.9. The number of hydrogen-bond acceptors (Lipinski definition) is 3. The standard InChI is InChI=1S/C36H40ClF3N2O/c1-4-41-25-27(2)28-14-11-20-32(24-28)43-23-13-22-42(26-29-15-12-21-33(34(29)37)36(38,39)40)35(3,30-16-7-5-8-17-30)31-18-9-6-10-19-31/h5-12,14-21,24,27,41H,4,13,22-23,25-26H2,1-3H3. The van der Waals surface area contributed by atoms with Gasteiger partial charge in [0.15, 0.2) is 0 Å². The van der Waals surface area contributed by atoms with Gasteiger partial charge in [-0.3, -0.25) is 4.90 Å². The summed E-state index contributed by atoms with van der Waals surface area (Å²) >= 11 is 6.42. The maximum Gasteiger partial charge on any atom is 0.417 e. The average molecular weight is 609 g/mol. The molecule has 4 aromatic carbocycles. The summed E-state index contributed by atoms with van der Waals surface area (Å²) in [7, 11) is 0. The number of ether oxygens (including phenoxy) is 1. The highest BCUT2D eigenvalue weighted by Crippen LogP contribution is 2.40. The van der Waals surface area contributed by atoms with E-state index in [9.17, 15) is 13.2 Å². The van der Waals surface area contributed by atoms with Crippen LogP contribution in [0.3, 0.4) is 0 Å². The van der Waals surface area contributed by atoms with Gasteiger partial charge in [-0.25, -0.2) is 0 Å². The normalized spacial score (nSPS) is 12.8. The Hall–Kier alpha value is -3.32. The highest BCUT2D eigenvalue weighted by molar-refractivity contribution is 6.32. The lowest BCUT2D eigenvalue weighted by molar-refractivity contribution is -0.137. The van der Waals surface area contributed by atoms with Gasteiger partial charge in [0.05, 0.1) is 22.7 Å². The lowest BCUT2D eigenvalue weighted by Crippen LogP contribution is -2.45. The largest absolute Gasteiger partial charge is 0.494 e. The van der Waals surface area contributed by atoms with Gasteiger partial charge < -0.3 is 10.1 Å². The molecule has 0 aliphatic carbocycles. The lowest BCUT2D eigenvalue weighted by Gasteiger charge is -2.43. The molecule has 0 amide bonds. The molecule has 0 aliphatic rings. The van der Waals surface area contributed by atoms with Crippen molar-refractivity contribution in [2.24, 2.45) is 0 Å². The van der Waals surface area contributed by atoms with Crippen molar-refractivity contribution in [2.75, 3.05) is 26.2 Å². The number of halogens is 4. The van der Waals surface area contributed by atoms with Gasteiger partial charge in [0, 0.05) is 19.6 Å². The third kappa shape index (κ3) is 8.20. The van der Waals surface area contributed by atoms with Crippen molar-refractivity contribution in [3.05, 3.63) is 136 Å². The topological polar surface area (TPSA) is 24.5 Å². The molecule has 1 atom stereocenters. The molecule has 0 saturated carbocycles. The first-order valence-electron chi connectivity index (χ1n) is 14.8. The molecule has 43 heavy (non-hydrogen) atoms. The molecule has 4 rings (SSSR count). The molecule has 4 aromatic rings. The van der Waals surface area contributed by atoms with Crippen molar-refractivity contribution in [1.82, 2.24) is 10.2 Å². The Morgan fingerprint density at radius 1 is 0.860 bits per heavy atom. The van der Waals surface area contributed by atoms with Crippen LogP contribution in [0.25, 0.3) is 0 Å². The van der Waals surface area contributed by atoms with E-state index >= 15 is 0 Å². The molecule has 3 nitrogen and oxygen atoms in total. The van der Waals surface area contributed by atoms with Crippen LogP contribution in [0.1, 0.15) is 60.9 Å². The molecule has 0 aliphatic heterocycles. The van der Waals surface area contributed by atoms with E-state index in [0.717, 1.165) is 36.0 Å². The van der Waals surface area contributed by atoms with Crippen LogP contribution in [-0.4, -0.2) is 31.1 Å². The summed E-state index contributed by atoms with van der Waals surface area (Å²) in [6.45, 7) is 9.46. The minimum absolute atomic E-state index is 0.223. The Morgan fingerprint density at radius 2 is 1.49 bits per heavy atom. The fourth-order valence-corrected chi connectivity index (χ4v) is 5.77. The SMILES string of the molecule is CCNCC(C)c1cccc(OCCCN(Cc2cccc(C(F)(F)F)c2Cl)C(C)(c2ccccc2)c2ccccc2)c1. The number of alkyl halides is 3. The van der Waals surface area contributed by atoms with E-state index < -0.39 is 17.3 Å². The second-order valence-electron chi connectivity index (χ2n) is 11.0. The molecule has 0 aromatic heterocycles. The van der Waals surface area contributed by atoms with E-state index in [1.165, 1.54) is 11.6 Å². The first-order chi connectivity index (χ1) is 20.6. The molecule has 1 unspecified atom stereocenters. The summed E-state index contributed by atoms with van der Waals surface area (Å²) in [5, 5.41) is 3.13. The minimum atomic E-state index is -4.54. The van der Waals surface area contributed by atoms with E-state index in [1.807, 2.05) is 48.5 Å². The molecular weight excluding hydrogens is 569 g/mol. The van der Waals surface area contributed by atoms with Gasteiger partial charge in [-0.2, -0.15) is 13.2 Å². The van der Waals surface area contributed by atoms with Crippen molar-refractivity contribution in [3.63, 3.8) is 0 Å². The summed E-state index contributed by atoms with van der Waals surface area (Å²) in [5.74, 6) is 1.16. The minimum Gasteiger partial charge on any atom is -0.494 e. The molecule has 7 heteroatoms. The van der Waals surface area contributed by atoms with E-state index in [1.54, 1.807) is 6.07 Å². The average Bonchev–Trinajstić information content (AvgIpc) is 3.02. The Labute approximate surface area is 258 Å². The van der Waals surface area contributed by atoms with Crippen LogP contribution in [0, 0.1) is 0 Å². The lowest BCUT2D eigenvalue weighted by atomic mass is 9.82. The molecule has 0 bridgehead atoms. The van der Waals surface area contributed by atoms with Crippen LogP contribution < -0.4 is 10.1 Å². The van der Waals surface area contributed by atoms with Gasteiger partial charge in [-0.15, -0.1) is 0 Å². The van der Waals surface area contributed by atoms with Gasteiger partial charge >= 0.3 is 6.18 Å². The second kappa shape index (κ2) is 14.9. The van der Waals surface area contributed by atoms with Crippen LogP contribution in [0.15, 0.2) is 103 Å². The maximum atomic E-state index is 13.8. The molecule has 0 radical (unpaired) electrons. The van der Waals surface area contributed by atoms with Crippen LogP contribution in [-0.2, 0) is 18.3 Å². The molecule has 0 spiro atoms. The molecule has 228 valence electrons. The number of nitrogens with one attached hydrogen (secondary N) is 1. The van der Waals surface area contributed by atoms with E-state index in [4.69, 9.17) is 16.3 Å². The predicted octanol–water partition coefficient (Wildman–Crippen LogP) is 9.31.